The van der Waals surface area contributed by atoms with Crippen molar-refractivity contribution in [1.29, 1.82) is 0 Å². The van der Waals surface area contributed by atoms with Gasteiger partial charge in [0, 0.05) is 24.7 Å². The Labute approximate surface area is 141 Å². The van der Waals surface area contributed by atoms with Crippen LogP contribution in [0.4, 0.5) is 0 Å². The largest absolute Gasteiger partial charge is 0.486 e. The highest BCUT2D eigenvalue weighted by Gasteiger charge is 2.47. The predicted octanol–water partition coefficient (Wildman–Crippen LogP) is 2.53. The van der Waals surface area contributed by atoms with Gasteiger partial charge in [0.15, 0.2) is 0 Å². The number of hydrogen-bond acceptors (Lipinski definition) is 4. The molecule has 1 spiro atoms. The number of benzene rings is 1. The van der Waals surface area contributed by atoms with Crippen molar-refractivity contribution in [3.8, 4) is 5.75 Å². The first-order valence-electron chi connectivity index (χ1n) is 8.29. The lowest BCUT2D eigenvalue weighted by atomic mass is 9.98. The first-order valence-corrected chi connectivity index (χ1v) is 8.29. The van der Waals surface area contributed by atoms with Crippen LogP contribution in [0, 0.1) is 0 Å². The molecule has 0 aliphatic carbocycles. The van der Waals surface area contributed by atoms with Crippen LogP contribution in [0.25, 0.3) is 0 Å². The van der Waals surface area contributed by atoms with Crippen LogP contribution in [-0.4, -0.2) is 47.2 Å². The highest BCUT2D eigenvalue weighted by atomic mass is 16.6. The number of amides is 1. The molecular weight excluding hydrogens is 304 g/mol. The third kappa shape index (κ3) is 2.99. The van der Waals surface area contributed by atoms with Crippen molar-refractivity contribution >= 4 is 5.91 Å². The Kier molecular flexibility index (Phi) is 3.94. The van der Waals surface area contributed by atoms with Gasteiger partial charge in [0.05, 0.1) is 24.9 Å². The number of aromatic nitrogens is 1. The number of ether oxygens (including phenoxy) is 2. The van der Waals surface area contributed by atoms with Crippen molar-refractivity contribution in [3.05, 3.63) is 60.4 Å². The molecule has 1 amide bonds. The second-order valence-electron chi connectivity index (χ2n) is 6.47. The lowest BCUT2D eigenvalue weighted by Crippen LogP contribution is -2.36. The monoisotopic (exact) mass is 324 g/mol. The normalized spacial score (nSPS) is 26.0. The lowest BCUT2D eigenvalue weighted by molar-refractivity contribution is 0.00995. The molecule has 124 valence electrons. The second kappa shape index (κ2) is 6.24. The molecule has 3 heterocycles. The lowest BCUT2D eigenvalue weighted by Gasteiger charge is -2.23. The summed E-state index contributed by atoms with van der Waals surface area (Å²) in [6.07, 6.45) is 5.12. The summed E-state index contributed by atoms with van der Waals surface area (Å²) in [5.41, 5.74) is 0.466. The molecule has 2 atom stereocenters. The molecule has 24 heavy (non-hydrogen) atoms. The Morgan fingerprint density at radius 1 is 1.25 bits per heavy atom. The number of carbonyl (C=O) groups is 1. The van der Waals surface area contributed by atoms with E-state index in [9.17, 15) is 4.79 Å². The Balaban J connectivity index is 1.39. The van der Waals surface area contributed by atoms with Crippen LogP contribution < -0.4 is 4.74 Å². The van der Waals surface area contributed by atoms with Crippen molar-refractivity contribution in [1.82, 2.24) is 9.88 Å². The molecule has 0 radical (unpaired) electrons. The van der Waals surface area contributed by atoms with Gasteiger partial charge in [-0.3, -0.25) is 9.78 Å². The van der Waals surface area contributed by atoms with Gasteiger partial charge in [0.1, 0.15) is 11.9 Å². The Bertz CT molecular complexity index is 707. The number of likely N-dealkylation sites (tertiary alicyclic amines) is 1. The topological polar surface area (TPSA) is 51.7 Å². The van der Waals surface area contributed by atoms with E-state index in [1.807, 2.05) is 47.4 Å². The van der Waals surface area contributed by atoms with Gasteiger partial charge in [-0.25, -0.2) is 0 Å². The van der Waals surface area contributed by atoms with Gasteiger partial charge in [0.2, 0.25) is 0 Å². The van der Waals surface area contributed by atoms with Gasteiger partial charge < -0.3 is 14.4 Å². The minimum atomic E-state index is -0.267. The highest BCUT2D eigenvalue weighted by molar-refractivity contribution is 5.94. The molecule has 2 saturated heterocycles. The van der Waals surface area contributed by atoms with E-state index in [1.165, 1.54) is 0 Å². The molecule has 4 rings (SSSR count). The van der Waals surface area contributed by atoms with Gasteiger partial charge in [-0.2, -0.15) is 0 Å². The summed E-state index contributed by atoms with van der Waals surface area (Å²) in [7, 11) is 0. The van der Waals surface area contributed by atoms with E-state index in [2.05, 4.69) is 4.98 Å². The molecule has 0 bridgehead atoms. The summed E-state index contributed by atoms with van der Waals surface area (Å²) in [6.45, 7) is 1.92. The second-order valence-corrected chi connectivity index (χ2v) is 6.47. The fourth-order valence-corrected chi connectivity index (χ4v) is 3.55. The maximum absolute atomic E-state index is 12.6. The van der Waals surface area contributed by atoms with Crippen LogP contribution in [0.1, 0.15) is 23.2 Å². The Hall–Kier alpha value is -2.40. The van der Waals surface area contributed by atoms with Crippen LogP contribution in [0.15, 0.2) is 54.9 Å². The number of rotatable bonds is 3. The molecule has 1 aromatic carbocycles. The predicted molar refractivity (Wildman–Crippen MR) is 88.9 cm³/mol. The van der Waals surface area contributed by atoms with Gasteiger partial charge in [-0.1, -0.05) is 18.2 Å². The standard InChI is InChI=1S/C19H20N2O3/c22-18(15-5-2-1-3-6-15)21-10-8-19(14-21)11-17(13-23-19)24-16-7-4-9-20-12-16/h1-7,9,12,17H,8,10-11,13-14H2. The molecule has 2 fully saturated rings. The molecule has 0 saturated carbocycles. The molecule has 0 N–H and O–H groups in total. The van der Waals surface area contributed by atoms with Crippen molar-refractivity contribution in [2.45, 2.75) is 24.5 Å². The Morgan fingerprint density at radius 2 is 2.12 bits per heavy atom. The zero-order valence-electron chi connectivity index (χ0n) is 13.4. The first-order chi connectivity index (χ1) is 11.7. The maximum atomic E-state index is 12.6. The van der Waals surface area contributed by atoms with E-state index < -0.39 is 0 Å². The van der Waals surface area contributed by atoms with Crippen molar-refractivity contribution < 1.29 is 14.3 Å². The molecule has 5 heteroatoms. The van der Waals surface area contributed by atoms with E-state index in [0.29, 0.717) is 13.2 Å². The third-order valence-electron chi connectivity index (χ3n) is 4.74. The van der Waals surface area contributed by atoms with Crippen LogP contribution in [-0.2, 0) is 4.74 Å². The van der Waals surface area contributed by atoms with Crippen LogP contribution in [0.5, 0.6) is 5.75 Å². The molecular formula is C19H20N2O3. The molecule has 1 aromatic heterocycles. The minimum absolute atomic E-state index is 0.0148. The average molecular weight is 324 g/mol. The maximum Gasteiger partial charge on any atom is 0.253 e. The van der Waals surface area contributed by atoms with Crippen molar-refractivity contribution in [3.63, 3.8) is 0 Å². The van der Waals surface area contributed by atoms with Gasteiger partial charge in [0.25, 0.3) is 5.91 Å². The summed E-state index contributed by atoms with van der Waals surface area (Å²) in [5, 5.41) is 0. The first kappa shape index (κ1) is 15.1. The fraction of sp³-hybridized carbons (Fsp3) is 0.368. The van der Waals surface area contributed by atoms with Crippen LogP contribution >= 0.6 is 0 Å². The third-order valence-corrected chi connectivity index (χ3v) is 4.74. The molecule has 2 unspecified atom stereocenters. The van der Waals surface area contributed by atoms with Gasteiger partial charge in [-0.15, -0.1) is 0 Å². The van der Waals surface area contributed by atoms with Crippen molar-refractivity contribution in [2.75, 3.05) is 19.7 Å². The number of pyridine rings is 1. The smallest absolute Gasteiger partial charge is 0.253 e. The van der Waals surface area contributed by atoms with Gasteiger partial charge >= 0.3 is 0 Å². The zero-order valence-corrected chi connectivity index (χ0v) is 13.4. The zero-order chi connectivity index (χ0) is 16.4. The average Bonchev–Trinajstić information content (AvgIpc) is 3.23. The summed E-state index contributed by atoms with van der Waals surface area (Å²) in [6, 6.07) is 13.2. The summed E-state index contributed by atoms with van der Waals surface area (Å²) >= 11 is 0. The number of nitrogens with zero attached hydrogens (tertiary/aromatic N) is 2. The number of hydrogen-bond donors (Lipinski definition) is 0. The number of carbonyl (C=O) groups excluding carboxylic acids is 1. The van der Waals surface area contributed by atoms with Crippen molar-refractivity contribution in [2.24, 2.45) is 0 Å². The van der Waals surface area contributed by atoms with Crippen LogP contribution in [0.2, 0.25) is 0 Å². The highest BCUT2D eigenvalue weighted by Crippen LogP contribution is 2.37. The summed E-state index contributed by atoms with van der Waals surface area (Å²) < 4.78 is 12.0. The van der Waals surface area contributed by atoms with E-state index in [4.69, 9.17) is 9.47 Å². The SMILES string of the molecule is O=C(c1ccccc1)N1CCC2(CC(Oc3cccnc3)CO2)C1. The minimum Gasteiger partial charge on any atom is -0.486 e. The molecule has 2 aliphatic heterocycles. The van der Waals surface area contributed by atoms with Gasteiger partial charge in [-0.05, 0) is 30.7 Å². The van der Waals surface area contributed by atoms with E-state index >= 15 is 0 Å². The van der Waals surface area contributed by atoms with E-state index in [-0.39, 0.29) is 17.6 Å². The quantitative estimate of drug-likeness (QED) is 0.870. The van der Waals surface area contributed by atoms with E-state index in [0.717, 1.165) is 30.7 Å². The summed E-state index contributed by atoms with van der Waals surface area (Å²) in [4.78, 5) is 18.5. The molecule has 2 aromatic rings. The Morgan fingerprint density at radius 3 is 2.92 bits per heavy atom. The molecule has 2 aliphatic rings. The van der Waals surface area contributed by atoms with E-state index in [1.54, 1.807) is 12.4 Å². The van der Waals surface area contributed by atoms with Crippen LogP contribution in [0.3, 0.4) is 0 Å². The molecule has 5 nitrogen and oxygen atoms in total. The summed E-state index contributed by atoms with van der Waals surface area (Å²) in [5.74, 6) is 0.839. The fourth-order valence-electron chi connectivity index (χ4n) is 3.55.